The van der Waals surface area contributed by atoms with Crippen molar-refractivity contribution in [1.82, 2.24) is 20.1 Å². The van der Waals surface area contributed by atoms with Gasteiger partial charge in [0.25, 0.3) is 5.91 Å². The molecule has 130 valence electrons. The first kappa shape index (κ1) is 18.1. The summed E-state index contributed by atoms with van der Waals surface area (Å²) in [5.41, 5.74) is 0.408. The number of halogens is 1. The van der Waals surface area contributed by atoms with Crippen LogP contribution in [0.1, 0.15) is 30.6 Å². The van der Waals surface area contributed by atoms with Gasteiger partial charge in [-0.05, 0) is 25.5 Å². The number of nitrogens with zero attached hydrogens (tertiary/aromatic N) is 3. The molecule has 2 rings (SSSR count). The van der Waals surface area contributed by atoms with Crippen LogP contribution in [0.5, 0.6) is 11.5 Å². The lowest BCUT2D eigenvalue weighted by molar-refractivity contribution is 0.0935. The van der Waals surface area contributed by atoms with Crippen LogP contribution in [0.2, 0.25) is 5.02 Å². The maximum absolute atomic E-state index is 12.4. The Kier molecular flexibility index (Phi) is 6.43. The zero-order valence-corrected chi connectivity index (χ0v) is 14.7. The summed E-state index contributed by atoms with van der Waals surface area (Å²) in [6.45, 7) is 4.93. The molecule has 0 radical (unpaired) electrons. The zero-order chi connectivity index (χ0) is 17.5. The fourth-order valence-corrected chi connectivity index (χ4v) is 2.42. The summed E-state index contributed by atoms with van der Waals surface area (Å²) in [5.74, 6) is 0.642. The zero-order valence-electron chi connectivity index (χ0n) is 14.0. The number of benzene rings is 1. The van der Waals surface area contributed by atoms with Crippen LogP contribution in [0.4, 0.5) is 0 Å². The molecule has 0 aliphatic rings. The molecule has 0 aliphatic heterocycles. The summed E-state index contributed by atoms with van der Waals surface area (Å²) in [5, 5.41) is 7.25. The first-order valence-electron chi connectivity index (χ1n) is 7.68. The molecule has 1 atom stereocenters. The van der Waals surface area contributed by atoms with Crippen molar-refractivity contribution in [2.75, 3.05) is 13.7 Å². The highest BCUT2D eigenvalue weighted by Crippen LogP contribution is 2.36. The van der Waals surface area contributed by atoms with Crippen LogP contribution in [-0.4, -0.2) is 40.4 Å². The molecule has 0 saturated heterocycles. The van der Waals surface area contributed by atoms with Crippen LogP contribution in [0.15, 0.2) is 24.8 Å². The number of carbonyl (C=O) groups excluding carboxylic acids is 1. The first-order valence-corrected chi connectivity index (χ1v) is 8.06. The molecule has 0 saturated carbocycles. The van der Waals surface area contributed by atoms with Gasteiger partial charge in [0, 0.05) is 11.6 Å². The quantitative estimate of drug-likeness (QED) is 0.789. The highest BCUT2D eigenvalue weighted by Gasteiger charge is 2.17. The summed E-state index contributed by atoms with van der Waals surface area (Å²) in [6, 6.07) is 3.07. The van der Waals surface area contributed by atoms with E-state index in [-0.39, 0.29) is 11.9 Å². The molecule has 1 aromatic carbocycles. The number of methoxy groups -OCH3 is 1. The summed E-state index contributed by atoms with van der Waals surface area (Å²) < 4.78 is 12.5. The summed E-state index contributed by atoms with van der Waals surface area (Å²) in [7, 11) is 1.51. The lowest BCUT2D eigenvalue weighted by Gasteiger charge is -2.16. The molecule has 2 aromatic rings. The predicted molar refractivity (Wildman–Crippen MR) is 90.7 cm³/mol. The molecule has 24 heavy (non-hydrogen) atoms. The number of hydrogen-bond acceptors (Lipinski definition) is 5. The molecule has 7 nitrogen and oxygen atoms in total. The second-order valence-corrected chi connectivity index (χ2v) is 5.74. The van der Waals surface area contributed by atoms with Crippen molar-refractivity contribution in [1.29, 1.82) is 0 Å². The minimum atomic E-state index is -0.246. The van der Waals surface area contributed by atoms with Gasteiger partial charge in [-0.25, -0.2) is 4.98 Å². The highest BCUT2D eigenvalue weighted by molar-refractivity contribution is 6.32. The van der Waals surface area contributed by atoms with Crippen molar-refractivity contribution in [2.24, 2.45) is 0 Å². The Hall–Kier alpha value is -2.28. The third kappa shape index (κ3) is 4.61. The Balaban J connectivity index is 2.09. The lowest BCUT2D eigenvalue weighted by Crippen LogP contribution is -2.35. The monoisotopic (exact) mass is 352 g/mol. The topological polar surface area (TPSA) is 78.3 Å². The average Bonchev–Trinajstić information content (AvgIpc) is 3.05. The maximum atomic E-state index is 12.4. The van der Waals surface area contributed by atoms with Crippen molar-refractivity contribution < 1.29 is 14.3 Å². The minimum absolute atomic E-state index is 0.125. The van der Waals surface area contributed by atoms with E-state index in [0.717, 1.165) is 6.42 Å². The number of aromatic nitrogens is 3. The Labute approximate surface area is 145 Å². The first-order chi connectivity index (χ1) is 11.5. The standard InChI is InChI=1S/C16H21ClN4O3/c1-4-5-24-15-13(17)6-12(7-14(15)23-3)16(22)20-11(2)8-21-10-18-9-19-21/h6-7,9-11H,4-5,8H2,1-3H3,(H,20,22). The Morgan fingerprint density at radius 1 is 1.46 bits per heavy atom. The van der Waals surface area contributed by atoms with E-state index in [2.05, 4.69) is 15.4 Å². The summed E-state index contributed by atoms with van der Waals surface area (Å²) >= 11 is 6.24. The van der Waals surface area contributed by atoms with E-state index in [1.807, 2.05) is 13.8 Å². The van der Waals surface area contributed by atoms with Crippen molar-refractivity contribution in [3.63, 3.8) is 0 Å². The SMILES string of the molecule is CCCOc1c(Cl)cc(C(=O)NC(C)Cn2cncn2)cc1OC. The number of ether oxygens (including phenoxy) is 2. The molecular weight excluding hydrogens is 332 g/mol. The Morgan fingerprint density at radius 2 is 2.25 bits per heavy atom. The molecule has 1 N–H and O–H groups in total. The molecule has 8 heteroatoms. The number of rotatable bonds is 8. The van der Waals surface area contributed by atoms with Gasteiger partial charge in [0.05, 0.1) is 25.3 Å². The van der Waals surface area contributed by atoms with E-state index in [0.29, 0.717) is 35.2 Å². The van der Waals surface area contributed by atoms with Crippen molar-refractivity contribution in [3.05, 3.63) is 35.4 Å². The fourth-order valence-electron chi connectivity index (χ4n) is 2.16. The van der Waals surface area contributed by atoms with E-state index in [4.69, 9.17) is 21.1 Å². The molecule has 0 fully saturated rings. The third-order valence-electron chi connectivity index (χ3n) is 3.25. The van der Waals surface area contributed by atoms with Crippen LogP contribution in [-0.2, 0) is 6.54 Å². The van der Waals surface area contributed by atoms with E-state index in [1.165, 1.54) is 13.4 Å². The molecular formula is C16H21ClN4O3. The minimum Gasteiger partial charge on any atom is -0.493 e. The highest BCUT2D eigenvalue weighted by atomic mass is 35.5. The average molecular weight is 353 g/mol. The van der Waals surface area contributed by atoms with Gasteiger partial charge in [0.15, 0.2) is 11.5 Å². The van der Waals surface area contributed by atoms with Crippen molar-refractivity contribution in [3.8, 4) is 11.5 Å². The van der Waals surface area contributed by atoms with E-state index < -0.39 is 0 Å². The van der Waals surface area contributed by atoms with E-state index in [9.17, 15) is 4.79 Å². The smallest absolute Gasteiger partial charge is 0.251 e. The van der Waals surface area contributed by atoms with Gasteiger partial charge in [0.1, 0.15) is 12.7 Å². The summed E-state index contributed by atoms with van der Waals surface area (Å²) in [4.78, 5) is 16.3. The molecule has 1 amide bonds. The molecule has 1 unspecified atom stereocenters. The fraction of sp³-hybridized carbons (Fsp3) is 0.438. The van der Waals surface area contributed by atoms with Gasteiger partial charge in [0.2, 0.25) is 0 Å². The van der Waals surface area contributed by atoms with Gasteiger partial charge in [-0.1, -0.05) is 18.5 Å². The van der Waals surface area contributed by atoms with Crippen molar-refractivity contribution >= 4 is 17.5 Å². The Morgan fingerprint density at radius 3 is 2.88 bits per heavy atom. The van der Waals surface area contributed by atoms with Gasteiger partial charge >= 0.3 is 0 Å². The second-order valence-electron chi connectivity index (χ2n) is 5.33. The Bertz CT molecular complexity index is 676. The normalized spacial score (nSPS) is 11.8. The molecule has 0 spiro atoms. The van der Waals surface area contributed by atoms with Crippen LogP contribution in [0.3, 0.4) is 0 Å². The number of hydrogen-bond donors (Lipinski definition) is 1. The second kappa shape index (κ2) is 8.54. The van der Waals surface area contributed by atoms with Crippen LogP contribution in [0.25, 0.3) is 0 Å². The van der Waals surface area contributed by atoms with Gasteiger partial charge in [-0.15, -0.1) is 0 Å². The summed E-state index contributed by atoms with van der Waals surface area (Å²) in [6.07, 6.45) is 3.90. The predicted octanol–water partition coefficient (Wildman–Crippen LogP) is 2.55. The van der Waals surface area contributed by atoms with Gasteiger partial charge in [-0.3, -0.25) is 9.48 Å². The maximum Gasteiger partial charge on any atom is 0.251 e. The van der Waals surface area contributed by atoms with Crippen molar-refractivity contribution in [2.45, 2.75) is 32.9 Å². The molecule has 1 aromatic heterocycles. The van der Waals surface area contributed by atoms with Crippen LogP contribution in [0, 0.1) is 0 Å². The van der Waals surface area contributed by atoms with Gasteiger partial charge in [-0.2, -0.15) is 5.10 Å². The lowest BCUT2D eigenvalue weighted by atomic mass is 10.1. The van der Waals surface area contributed by atoms with E-state index >= 15 is 0 Å². The largest absolute Gasteiger partial charge is 0.493 e. The van der Waals surface area contributed by atoms with Gasteiger partial charge < -0.3 is 14.8 Å². The van der Waals surface area contributed by atoms with Crippen LogP contribution < -0.4 is 14.8 Å². The third-order valence-corrected chi connectivity index (χ3v) is 3.53. The number of nitrogens with one attached hydrogen (secondary N) is 1. The number of amides is 1. The number of carbonyl (C=O) groups is 1. The molecule has 0 bridgehead atoms. The molecule has 1 heterocycles. The van der Waals surface area contributed by atoms with Crippen LogP contribution >= 0.6 is 11.6 Å². The van der Waals surface area contributed by atoms with E-state index in [1.54, 1.807) is 23.1 Å². The molecule has 0 aliphatic carbocycles.